The van der Waals surface area contributed by atoms with Gasteiger partial charge in [-0.15, -0.1) is 5.10 Å². The molecular formula is C33H45N7O4. The molecule has 11 heteroatoms. The molecule has 0 saturated carbocycles. The van der Waals surface area contributed by atoms with Crippen molar-refractivity contribution in [3.05, 3.63) is 53.6 Å². The van der Waals surface area contributed by atoms with Crippen LogP contribution in [0.5, 0.6) is 5.75 Å². The maximum atomic E-state index is 13.7. The van der Waals surface area contributed by atoms with Gasteiger partial charge in [0.2, 0.25) is 17.7 Å². The van der Waals surface area contributed by atoms with Crippen LogP contribution in [-0.4, -0.2) is 80.8 Å². The zero-order valence-corrected chi connectivity index (χ0v) is 26.2. The molecule has 2 aliphatic heterocycles. The van der Waals surface area contributed by atoms with Gasteiger partial charge in [0.05, 0.1) is 18.7 Å². The van der Waals surface area contributed by atoms with E-state index in [1.54, 1.807) is 16.7 Å². The maximum Gasteiger partial charge on any atom is 0.243 e. The highest BCUT2D eigenvalue weighted by Crippen LogP contribution is 2.29. The van der Waals surface area contributed by atoms with Crippen LogP contribution in [0.25, 0.3) is 11.0 Å². The molecule has 3 N–H and O–H groups in total. The second-order valence-corrected chi connectivity index (χ2v) is 12.6. The Labute approximate surface area is 259 Å². The minimum atomic E-state index is -0.854. The monoisotopic (exact) mass is 603 g/mol. The van der Waals surface area contributed by atoms with Gasteiger partial charge in [0.25, 0.3) is 0 Å². The normalized spacial score (nSPS) is 20.8. The van der Waals surface area contributed by atoms with Crippen LogP contribution in [0.15, 0.2) is 42.5 Å². The number of aryl methyl sites for hydroxylation is 1. The fourth-order valence-electron chi connectivity index (χ4n) is 6.72. The average Bonchev–Trinajstić information content (AvgIpc) is 3.77. The lowest BCUT2D eigenvalue weighted by Gasteiger charge is -2.29. The van der Waals surface area contributed by atoms with Crippen LogP contribution < -0.4 is 15.8 Å². The summed E-state index contributed by atoms with van der Waals surface area (Å²) in [6.45, 7) is 5.77. The van der Waals surface area contributed by atoms with Crippen molar-refractivity contribution in [3.8, 4) is 5.75 Å². The molecule has 3 amide bonds. The predicted molar refractivity (Wildman–Crippen MR) is 167 cm³/mol. The first kappa shape index (κ1) is 31.4. The number of benzene rings is 2. The minimum Gasteiger partial charge on any atom is -0.497 e. The summed E-state index contributed by atoms with van der Waals surface area (Å²) in [5.74, 6) is 0.823. The van der Waals surface area contributed by atoms with Crippen molar-refractivity contribution < 1.29 is 19.1 Å². The van der Waals surface area contributed by atoms with Gasteiger partial charge < -0.3 is 25.6 Å². The average molecular weight is 604 g/mol. The lowest BCUT2D eigenvalue weighted by Crippen LogP contribution is -2.51. The number of rotatable bonds is 11. The largest absolute Gasteiger partial charge is 0.497 e. The maximum absolute atomic E-state index is 13.7. The quantitative estimate of drug-likeness (QED) is 0.344. The van der Waals surface area contributed by atoms with E-state index in [0.29, 0.717) is 25.4 Å². The van der Waals surface area contributed by atoms with Crippen molar-refractivity contribution in [1.29, 1.82) is 0 Å². The van der Waals surface area contributed by atoms with Crippen LogP contribution >= 0.6 is 0 Å². The summed E-state index contributed by atoms with van der Waals surface area (Å²) in [4.78, 5) is 44.0. The number of hydrogen-bond acceptors (Lipinski definition) is 7. The number of ether oxygens (including phenoxy) is 1. The van der Waals surface area contributed by atoms with Crippen molar-refractivity contribution in [1.82, 2.24) is 30.1 Å². The summed E-state index contributed by atoms with van der Waals surface area (Å²) in [6, 6.07) is 12.4. The molecule has 0 spiro atoms. The van der Waals surface area contributed by atoms with E-state index in [1.807, 2.05) is 54.4 Å². The van der Waals surface area contributed by atoms with E-state index in [0.717, 1.165) is 53.7 Å². The highest BCUT2D eigenvalue weighted by atomic mass is 16.5. The van der Waals surface area contributed by atoms with Crippen molar-refractivity contribution in [2.45, 2.75) is 77.0 Å². The molecule has 2 aliphatic rings. The first-order valence-electron chi connectivity index (χ1n) is 15.7. The highest BCUT2D eigenvalue weighted by molar-refractivity contribution is 5.91. The number of nitrogens with one attached hydrogen (secondary N) is 1. The van der Waals surface area contributed by atoms with E-state index >= 15 is 0 Å². The molecule has 236 valence electrons. The first-order chi connectivity index (χ1) is 21.1. The van der Waals surface area contributed by atoms with Crippen LogP contribution in [-0.2, 0) is 34.4 Å². The molecule has 3 aromatic rings. The van der Waals surface area contributed by atoms with E-state index < -0.39 is 12.1 Å². The third kappa shape index (κ3) is 7.04. The minimum absolute atomic E-state index is 0.0534. The van der Waals surface area contributed by atoms with Crippen molar-refractivity contribution >= 4 is 28.8 Å². The zero-order chi connectivity index (χ0) is 31.4. The number of nitrogens with zero attached hydrogens (tertiary/aromatic N) is 5. The van der Waals surface area contributed by atoms with Crippen molar-refractivity contribution in [2.24, 2.45) is 24.6 Å². The third-order valence-electron chi connectivity index (χ3n) is 9.17. The number of carbonyl (C=O) groups is 3. The van der Waals surface area contributed by atoms with Crippen LogP contribution in [0.1, 0.15) is 57.1 Å². The van der Waals surface area contributed by atoms with Gasteiger partial charge in [0.15, 0.2) is 0 Å². The lowest BCUT2D eigenvalue weighted by molar-refractivity contribution is -0.140. The first-order valence-corrected chi connectivity index (χ1v) is 15.7. The van der Waals surface area contributed by atoms with Crippen LogP contribution in [0.4, 0.5) is 0 Å². The number of carbonyl (C=O) groups excluding carboxylic acids is 3. The Morgan fingerprint density at radius 1 is 1.09 bits per heavy atom. The molecule has 3 heterocycles. The fraction of sp³-hybridized carbons (Fsp3) is 0.545. The zero-order valence-electron chi connectivity index (χ0n) is 26.2. The molecule has 2 fully saturated rings. The Kier molecular flexibility index (Phi) is 9.83. The summed E-state index contributed by atoms with van der Waals surface area (Å²) in [6.07, 6.45) is 3.75. The Bertz CT molecular complexity index is 1470. The van der Waals surface area contributed by atoms with E-state index in [1.165, 1.54) is 0 Å². The smallest absolute Gasteiger partial charge is 0.243 e. The molecule has 11 nitrogen and oxygen atoms in total. The molecule has 0 bridgehead atoms. The second kappa shape index (κ2) is 13.8. The number of methoxy groups -OCH3 is 1. The molecule has 5 rings (SSSR count). The van der Waals surface area contributed by atoms with E-state index in [2.05, 4.69) is 29.5 Å². The second-order valence-electron chi connectivity index (χ2n) is 12.6. The molecule has 0 radical (unpaired) electrons. The number of nitrogens with two attached hydrogens (primary N) is 1. The van der Waals surface area contributed by atoms with Gasteiger partial charge in [-0.1, -0.05) is 37.3 Å². The molecule has 2 saturated heterocycles. The number of likely N-dealkylation sites (tertiary alicyclic amines) is 2. The van der Waals surface area contributed by atoms with Crippen LogP contribution in [0, 0.1) is 11.8 Å². The van der Waals surface area contributed by atoms with Crippen molar-refractivity contribution in [3.63, 3.8) is 0 Å². The van der Waals surface area contributed by atoms with Gasteiger partial charge in [-0.3, -0.25) is 14.4 Å². The fourth-order valence-corrected chi connectivity index (χ4v) is 6.72. The molecule has 1 aromatic heterocycles. The highest BCUT2D eigenvalue weighted by Gasteiger charge is 2.41. The lowest BCUT2D eigenvalue weighted by atomic mass is 9.96. The predicted octanol–water partition coefficient (Wildman–Crippen LogP) is 2.81. The van der Waals surface area contributed by atoms with E-state index in [4.69, 9.17) is 10.5 Å². The SMILES string of the molecule is COc1ccc(C[C@@H]2C[C@@H](C(=O)NCc3ccc4c(c3)nnn4C)N(C(=O)[C@H](N)CCC(=O)N3CCCC3C(C)C)C2)cc1. The molecule has 2 aromatic carbocycles. The molecular weight excluding hydrogens is 558 g/mol. The van der Waals surface area contributed by atoms with Gasteiger partial charge in [-0.25, -0.2) is 4.68 Å². The van der Waals surface area contributed by atoms with E-state index in [-0.39, 0.29) is 42.5 Å². The number of hydrogen-bond donors (Lipinski definition) is 2. The van der Waals surface area contributed by atoms with Gasteiger partial charge in [0, 0.05) is 39.1 Å². The van der Waals surface area contributed by atoms with E-state index in [9.17, 15) is 14.4 Å². The Balaban J connectivity index is 1.25. The molecule has 0 aliphatic carbocycles. The van der Waals surface area contributed by atoms with Gasteiger partial charge in [0.1, 0.15) is 17.3 Å². The Morgan fingerprint density at radius 3 is 2.57 bits per heavy atom. The molecule has 1 unspecified atom stereocenters. The van der Waals surface area contributed by atoms with Gasteiger partial charge in [-0.05, 0) is 79.3 Å². The Morgan fingerprint density at radius 2 is 1.84 bits per heavy atom. The molecule has 44 heavy (non-hydrogen) atoms. The van der Waals surface area contributed by atoms with Crippen LogP contribution in [0.3, 0.4) is 0 Å². The Hall–Kier alpha value is -3.99. The summed E-state index contributed by atoms with van der Waals surface area (Å²) < 4.78 is 6.99. The topological polar surface area (TPSA) is 136 Å². The number of aromatic nitrogens is 3. The van der Waals surface area contributed by atoms with Crippen molar-refractivity contribution in [2.75, 3.05) is 20.2 Å². The summed E-state index contributed by atoms with van der Waals surface area (Å²) in [7, 11) is 3.47. The number of amides is 3. The van der Waals surface area contributed by atoms with Crippen LogP contribution in [0.2, 0.25) is 0 Å². The van der Waals surface area contributed by atoms with Gasteiger partial charge in [-0.2, -0.15) is 0 Å². The number of fused-ring (bicyclic) bond motifs is 1. The summed E-state index contributed by atoms with van der Waals surface area (Å²) in [5, 5.41) is 11.2. The summed E-state index contributed by atoms with van der Waals surface area (Å²) in [5.41, 5.74) is 10.1. The third-order valence-corrected chi connectivity index (χ3v) is 9.17. The molecule has 4 atom stereocenters. The van der Waals surface area contributed by atoms with Gasteiger partial charge >= 0.3 is 0 Å². The summed E-state index contributed by atoms with van der Waals surface area (Å²) >= 11 is 0. The standard InChI is InChI=1S/C33H45N7O4/c1-21(2)28-6-5-15-39(28)31(41)14-12-26(34)33(43)40-20-24(16-22-7-10-25(44-4)11-8-22)18-30(40)32(42)35-19-23-9-13-29-27(17-23)36-37-38(29)3/h7-11,13,17,21,24,26,28,30H,5-6,12,14-16,18-20,34H2,1-4H3,(H,35,42)/t24-,26-,28?,30+/m1/s1.